The third-order valence-electron chi connectivity index (χ3n) is 3.93. The van der Waals surface area contributed by atoms with Crippen LogP contribution in [-0.4, -0.2) is 27.8 Å². The molecule has 0 aliphatic rings. The lowest BCUT2D eigenvalue weighted by atomic mass is 9.90. The maximum atomic E-state index is 12.4. The highest BCUT2D eigenvalue weighted by Gasteiger charge is 2.35. The monoisotopic (exact) mass is 349 g/mol. The van der Waals surface area contributed by atoms with Gasteiger partial charge in [-0.1, -0.05) is 36.7 Å². The van der Waals surface area contributed by atoms with E-state index in [9.17, 15) is 20.1 Å². The van der Waals surface area contributed by atoms with Crippen LogP contribution in [0.2, 0.25) is 5.02 Å². The van der Waals surface area contributed by atoms with Crippen LogP contribution in [0.4, 0.5) is 0 Å². The third kappa shape index (κ3) is 3.99. The average Bonchev–Trinajstić information content (AvgIpc) is 2.57. The van der Waals surface area contributed by atoms with Crippen LogP contribution < -0.4 is 5.32 Å². The van der Waals surface area contributed by atoms with Gasteiger partial charge in [-0.25, -0.2) is 0 Å². The van der Waals surface area contributed by atoms with Gasteiger partial charge in [0.2, 0.25) is 0 Å². The summed E-state index contributed by atoms with van der Waals surface area (Å²) in [6.07, 6.45) is 0.661. The average molecular weight is 350 g/mol. The summed E-state index contributed by atoms with van der Waals surface area (Å²) in [6.45, 7) is 2.00. The van der Waals surface area contributed by atoms with Crippen molar-refractivity contribution in [3.8, 4) is 11.5 Å². The van der Waals surface area contributed by atoms with Gasteiger partial charge in [0.1, 0.15) is 0 Å². The van der Waals surface area contributed by atoms with E-state index in [-0.39, 0.29) is 24.5 Å². The lowest BCUT2D eigenvalue weighted by Crippen LogP contribution is -2.44. The lowest BCUT2D eigenvalue weighted by molar-refractivity contribution is -0.141. The molecule has 0 fully saturated rings. The maximum Gasteiger partial charge on any atom is 0.256 e. The molecule has 0 aromatic heterocycles. The molecule has 1 atom stereocenters. The molecule has 0 radical (unpaired) electrons. The number of amides is 1. The summed E-state index contributed by atoms with van der Waals surface area (Å²) in [5, 5.41) is 32.6. The van der Waals surface area contributed by atoms with E-state index in [0.29, 0.717) is 17.0 Å². The highest BCUT2D eigenvalue weighted by atomic mass is 35.5. The van der Waals surface area contributed by atoms with E-state index in [2.05, 4.69) is 5.32 Å². The number of aliphatic hydroxyl groups is 1. The largest absolute Gasteiger partial charge is 0.504 e. The van der Waals surface area contributed by atoms with Crippen LogP contribution >= 0.6 is 11.6 Å². The van der Waals surface area contributed by atoms with Crippen molar-refractivity contribution < 1.29 is 20.1 Å². The Bertz CT molecular complexity index is 735. The second kappa shape index (κ2) is 7.55. The molecular formula is C18H20ClNO4. The fourth-order valence-corrected chi connectivity index (χ4v) is 2.62. The molecule has 5 nitrogen and oxygen atoms in total. The van der Waals surface area contributed by atoms with Crippen molar-refractivity contribution in [2.45, 2.75) is 25.4 Å². The molecule has 128 valence electrons. The van der Waals surface area contributed by atoms with E-state index in [1.165, 1.54) is 12.1 Å². The molecule has 0 bridgehead atoms. The van der Waals surface area contributed by atoms with Crippen LogP contribution in [-0.2, 0) is 16.8 Å². The minimum atomic E-state index is -1.65. The molecule has 4 N–H and O–H groups in total. The number of halogens is 1. The van der Waals surface area contributed by atoms with Crippen molar-refractivity contribution in [1.29, 1.82) is 0 Å². The molecule has 24 heavy (non-hydrogen) atoms. The summed E-state index contributed by atoms with van der Waals surface area (Å²) in [4.78, 5) is 12.4. The number of phenolic OH excluding ortho intramolecular Hbond substituents is 2. The van der Waals surface area contributed by atoms with E-state index in [1.807, 2.05) is 0 Å². The first-order valence-electron chi connectivity index (χ1n) is 7.64. The van der Waals surface area contributed by atoms with Gasteiger partial charge in [0, 0.05) is 11.6 Å². The van der Waals surface area contributed by atoms with Crippen molar-refractivity contribution in [3.05, 3.63) is 58.6 Å². The summed E-state index contributed by atoms with van der Waals surface area (Å²) >= 11 is 5.94. The molecule has 0 saturated heterocycles. The number of hydrogen-bond donors (Lipinski definition) is 4. The Morgan fingerprint density at radius 3 is 2.54 bits per heavy atom. The first-order valence-corrected chi connectivity index (χ1v) is 8.02. The Balaban J connectivity index is 2.03. The van der Waals surface area contributed by atoms with E-state index in [0.717, 1.165) is 5.56 Å². The zero-order chi connectivity index (χ0) is 17.7. The van der Waals surface area contributed by atoms with E-state index < -0.39 is 11.5 Å². The second-order valence-corrected chi connectivity index (χ2v) is 5.99. The minimum absolute atomic E-state index is 0.191. The Morgan fingerprint density at radius 2 is 1.92 bits per heavy atom. The van der Waals surface area contributed by atoms with Gasteiger partial charge in [-0.05, 0) is 48.2 Å². The number of rotatable bonds is 6. The molecule has 0 aliphatic heterocycles. The molecule has 2 aromatic carbocycles. The first kappa shape index (κ1) is 18.1. The van der Waals surface area contributed by atoms with Crippen LogP contribution in [0.5, 0.6) is 11.5 Å². The number of aromatic hydroxyl groups is 2. The Morgan fingerprint density at radius 1 is 1.17 bits per heavy atom. The zero-order valence-electron chi connectivity index (χ0n) is 13.3. The minimum Gasteiger partial charge on any atom is -0.504 e. The fraction of sp³-hybridized carbons (Fsp3) is 0.278. The standard InChI is InChI=1S/C18H20ClNO4/c1-2-18(24,13-4-3-5-14(19)11-13)17(23)20-9-8-12-6-7-15(21)16(22)10-12/h3-7,10-11,21-22,24H,2,8-9H2,1H3,(H,20,23)/t18-/m1/s1. The predicted molar refractivity (Wildman–Crippen MR) is 92.1 cm³/mol. The Hall–Kier alpha value is -2.24. The quantitative estimate of drug-likeness (QED) is 0.604. The van der Waals surface area contributed by atoms with Gasteiger partial charge in [-0.15, -0.1) is 0 Å². The number of benzene rings is 2. The van der Waals surface area contributed by atoms with Crippen molar-refractivity contribution in [3.63, 3.8) is 0 Å². The van der Waals surface area contributed by atoms with Gasteiger partial charge >= 0.3 is 0 Å². The highest BCUT2D eigenvalue weighted by molar-refractivity contribution is 6.30. The van der Waals surface area contributed by atoms with Crippen molar-refractivity contribution in [1.82, 2.24) is 5.32 Å². The molecule has 1 amide bonds. The lowest BCUT2D eigenvalue weighted by Gasteiger charge is -2.26. The molecule has 0 spiro atoms. The Labute approximate surface area is 145 Å². The zero-order valence-corrected chi connectivity index (χ0v) is 14.0. The van der Waals surface area contributed by atoms with Crippen molar-refractivity contribution in [2.75, 3.05) is 6.54 Å². The smallest absolute Gasteiger partial charge is 0.256 e. The summed E-state index contributed by atoms with van der Waals surface area (Å²) in [6, 6.07) is 11.1. The number of nitrogens with one attached hydrogen (secondary N) is 1. The predicted octanol–water partition coefficient (Wildman–Crippen LogP) is 2.71. The van der Waals surface area contributed by atoms with E-state index in [1.54, 1.807) is 37.3 Å². The van der Waals surface area contributed by atoms with Gasteiger partial charge in [-0.2, -0.15) is 0 Å². The summed E-state index contributed by atoms with van der Waals surface area (Å²) in [5.74, 6) is -0.901. The second-order valence-electron chi connectivity index (χ2n) is 5.55. The van der Waals surface area contributed by atoms with Gasteiger partial charge in [0.15, 0.2) is 17.1 Å². The van der Waals surface area contributed by atoms with E-state index in [4.69, 9.17) is 11.6 Å². The van der Waals surface area contributed by atoms with Crippen LogP contribution in [0, 0.1) is 0 Å². The topological polar surface area (TPSA) is 89.8 Å². The van der Waals surface area contributed by atoms with Gasteiger partial charge in [-0.3, -0.25) is 4.79 Å². The summed E-state index contributed by atoms with van der Waals surface area (Å²) < 4.78 is 0. The highest BCUT2D eigenvalue weighted by Crippen LogP contribution is 2.28. The van der Waals surface area contributed by atoms with Crippen molar-refractivity contribution >= 4 is 17.5 Å². The third-order valence-corrected chi connectivity index (χ3v) is 4.16. The number of hydrogen-bond acceptors (Lipinski definition) is 4. The molecule has 2 rings (SSSR count). The molecule has 6 heteroatoms. The van der Waals surface area contributed by atoms with Crippen molar-refractivity contribution in [2.24, 2.45) is 0 Å². The molecule has 0 unspecified atom stereocenters. The van der Waals surface area contributed by atoms with Crippen LogP contribution in [0.1, 0.15) is 24.5 Å². The molecule has 2 aromatic rings. The van der Waals surface area contributed by atoms with Crippen LogP contribution in [0.15, 0.2) is 42.5 Å². The first-order chi connectivity index (χ1) is 11.4. The molecule has 0 saturated carbocycles. The van der Waals surface area contributed by atoms with E-state index >= 15 is 0 Å². The maximum absolute atomic E-state index is 12.4. The number of phenols is 2. The van der Waals surface area contributed by atoms with Gasteiger partial charge in [0.05, 0.1) is 0 Å². The summed E-state index contributed by atoms with van der Waals surface area (Å²) in [7, 11) is 0. The SMILES string of the molecule is CC[C@](O)(C(=O)NCCc1ccc(O)c(O)c1)c1cccc(Cl)c1. The fourth-order valence-electron chi connectivity index (χ4n) is 2.43. The normalized spacial score (nSPS) is 13.3. The Kier molecular flexibility index (Phi) is 5.70. The van der Waals surface area contributed by atoms with Gasteiger partial charge < -0.3 is 20.6 Å². The number of carbonyl (C=O) groups excluding carboxylic acids is 1. The molecular weight excluding hydrogens is 330 g/mol. The summed E-state index contributed by atoms with van der Waals surface area (Å²) in [5.41, 5.74) is -0.451. The molecule has 0 heterocycles. The van der Waals surface area contributed by atoms with Crippen LogP contribution in [0.25, 0.3) is 0 Å². The molecule has 0 aliphatic carbocycles. The number of carbonyl (C=O) groups is 1. The van der Waals surface area contributed by atoms with Gasteiger partial charge in [0.25, 0.3) is 5.91 Å². The van der Waals surface area contributed by atoms with Crippen LogP contribution in [0.3, 0.4) is 0 Å².